The van der Waals surface area contributed by atoms with E-state index in [9.17, 15) is 9.59 Å². The zero-order valence-corrected chi connectivity index (χ0v) is 14.3. The summed E-state index contributed by atoms with van der Waals surface area (Å²) in [7, 11) is 0. The third-order valence-corrected chi connectivity index (χ3v) is 4.98. The summed E-state index contributed by atoms with van der Waals surface area (Å²) in [6.07, 6.45) is 1.87. The van der Waals surface area contributed by atoms with Crippen molar-refractivity contribution < 1.29 is 9.59 Å². The van der Waals surface area contributed by atoms with Crippen LogP contribution in [0.25, 0.3) is 0 Å². The van der Waals surface area contributed by atoms with Crippen molar-refractivity contribution in [2.45, 2.75) is 66.5 Å². The standard InChI is InChI=1S/C17H30N2O2/c1-10(2)7-13-16(21)19(9-12-8-17(12,5)6)14(11(3)4)15(20)18-13/h10-14H,7-9H2,1-6H3,(H,18,20). The number of hydrogen-bond acceptors (Lipinski definition) is 2. The first kappa shape index (κ1) is 16.3. The van der Waals surface area contributed by atoms with Crippen LogP contribution in [0.5, 0.6) is 0 Å². The van der Waals surface area contributed by atoms with Gasteiger partial charge in [0.05, 0.1) is 0 Å². The van der Waals surface area contributed by atoms with Gasteiger partial charge in [-0.05, 0) is 36.0 Å². The first-order valence-electron chi connectivity index (χ1n) is 8.24. The molecule has 2 rings (SSSR count). The van der Waals surface area contributed by atoms with E-state index in [2.05, 4.69) is 33.0 Å². The molecule has 2 amide bonds. The summed E-state index contributed by atoms with van der Waals surface area (Å²) in [4.78, 5) is 27.1. The van der Waals surface area contributed by atoms with E-state index in [1.165, 1.54) is 0 Å². The van der Waals surface area contributed by atoms with Crippen molar-refractivity contribution in [1.29, 1.82) is 0 Å². The monoisotopic (exact) mass is 294 g/mol. The molecule has 3 atom stereocenters. The summed E-state index contributed by atoms with van der Waals surface area (Å²) < 4.78 is 0. The molecule has 0 aromatic heterocycles. The second kappa shape index (κ2) is 5.62. The van der Waals surface area contributed by atoms with Crippen LogP contribution in [-0.4, -0.2) is 35.3 Å². The van der Waals surface area contributed by atoms with Crippen LogP contribution >= 0.6 is 0 Å². The van der Waals surface area contributed by atoms with Gasteiger partial charge in [0.2, 0.25) is 11.8 Å². The highest BCUT2D eigenvalue weighted by Gasteiger charge is 2.50. The maximum absolute atomic E-state index is 12.8. The number of nitrogens with zero attached hydrogens (tertiary/aromatic N) is 1. The summed E-state index contributed by atoms with van der Waals surface area (Å²) in [5.41, 5.74) is 0.323. The SMILES string of the molecule is CC(C)CC1NC(=O)C(C(C)C)N(CC2CC2(C)C)C1=O. The lowest BCUT2D eigenvalue weighted by atomic mass is 9.93. The highest BCUT2D eigenvalue weighted by atomic mass is 16.2. The van der Waals surface area contributed by atoms with Gasteiger partial charge in [-0.1, -0.05) is 41.5 Å². The number of carbonyl (C=O) groups excluding carboxylic acids is 2. The number of amides is 2. The van der Waals surface area contributed by atoms with Crippen LogP contribution in [0.2, 0.25) is 0 Å². The van der Waals surface area contributed by atoms with E-state index in [1.807, 2.05) is 18.7 Å². The molecule has 1 aliphatic heterocycles. The third-order valence-electron chi connectivity index (χ3n) is 4.98. The molecular formula is C17H30N2O2. The average molecular weight is 294 g/mol. The van der Waals surface area contributed by atoms with E-state index < -0.39 is 0 Å². The molecule has 1 saturated heterocycles. The zero-order valence-electron chi connectivity index (χ0n) is 14.3. The fraction of sp³-hybridized carbons (Fsp3) is 0.882. The number of rotatable bonds is 5. The fourth-order valence-corrected chi connectivity index (χ4v) is 3.42. The van der Waals surface area contributed by atoms with Gasteiger partial charge in [-0.2, -0.15) is 0 Å². The second-order valence-electron chi connectivity index (χ2n) is 8.26. The van der Waals surface area contributed by atoms with E-state index in [4.69, 9.17) is 0 Å². The quantitative estimate of drug-likeness (QED) is 0.846. The Hall–Kier alpha value is -1.06. The molecule has 2 fully saturated rings. The first-order valence-corrected chi connectivity index (χ1v) is 8.24. The topological polar surface area (TPSA) is 49.4 Å². The summed E-state index contributed by atoms with van der Waals surface area (Å²) in [5, 5.41) is 2.94. The van der Waals surface area contributed by atoms with Gasteiger partial charge in [0.25, 0.3) is 0 Å². The van der Waals surface area contributed by atoms with Gasteiger partial charge in [0.15, 0.2) is 0 Å². The molecule has 1 N–H and O–H groups in total. The number of carbonyl (C=O) groups is 2. The number of piperazine rings is 1. The lowest BCUT2D eigenvalue weighted by Gasteiger charge is -2.41. The van der Waals surface area contributed by atoms with Gasteiger partial charge in [-0.15, -0.1) is 0 Å². The molecule has 21 heavy (non-hydrogen) atoms. The molecule has 0 aromatic rings. The molecule has 4 heteroatoms. The second-order valence-corrected chi connectivity index (χ2v) is 8.26. The molecule has 3 unspecified atom stereocenters. The van der Waals surface area contributed by atoms with Crippen LogP contribution < -0.4 is 5.32 Å². The van der Waals surface area contributed by atoms with Crippen LogP contribution in [-0.2, 0) is 9.59 Å². The largest absolute Gasteiger partial charge is 0.342 e. The van der Waals surface area contributed by atoms with Crippen molar-refractivity contribution in [3.8, 4) is 0 Å². The predicted octanol–water partition coefficient (Wildman–Crippen LogP) is 2.43. The summed E-state index contributed by atoms with van der Waals surface area (Å²) in [5.74, 6) is 1.22. The van der Waals surface area contributed by atoms with Crippen molar-refractivity contribution >= 4 is 11.8 Å². The van der Waals surface area contributed by atoms with Gasteiger partial charge >= 0.3 is 0 Å². The van der Waals surface area contributed by atoms with Crippen LogP contribution in [0.3, 0.4) is 0 Å². The summed E-state index contributed by atoms with van der Waals surface area (Å²) in [6, 6.07) is -0.647. The van der Waals surface area contributed by atoms with Crippen molar-refractivity contribution in [1.82, 2.24) is 10.2 Å². The van der Waals surface area contributed by atoms with Gasteiger partial charge in [-0.25, -0.2) is 0 Å². The third kappa shape index (κ3) is 3.41. The predicted molar refractivity (Wildman–Crippen MR) is 83.6 cm³/mol. The highest BCUT2D eigenvalue weighted by Crippen LogP contribution is 2.52. The molecule has 0 spiro atoms. The lowest BCUT2D eigenvalue weighted by Crippen LogP contribution is -2.65. The molecule has 2 aliphatic rings. The van der Waals surface area contributed by atoms with Crippen LogP contribution in [0.15, 0.2) is 0 Å². The Morgan fingerprint density at radius 3 is 2.24 bits per heavy atom. The van der Waals surface area contributed by atoms with Crippen LogP contribution in [0.1, 0.15) is 54.4 Å². The van der Waals surface area contributed by atoms with Crippen molar-refractivity contribution in [2.75, 3.05) is 6.54 Å². The molecule has 120 valence electrons. The zero-order chi connectivity index (χ0) is 15.9. The average Bonchev–Trinajstić information content (AvgIpc) is 2.91. The molecule has 0 bridgehead atoms. The van der Waals surface area contributed by atoms with Gasteiger partial charge < -0.3 is 10.2 Å². The molecule has 4 nitrogen and oxygen atoms in total. The number of hydrogen-bond donors (Lipinski definition) is 1. The van der Waals surface area contributed by atoms with E-state index >= 15 is 0 Å². The van der Waals surface area contributed by atoms with Crippen molar-refractivity contribution in [3.63, 3.8) is 0 Å². The first-order chi connectivity index (χ1) is 9.63. The number of nitrogens with one attached hydrogen (secondary N) is 1. The molecule has 0 aromatic carbocycles. The molecule has 0 radical (unpaired) electrons. The Morgan fingerprint density at radius 2 is 1.81 bits per heavy atom. The Morgan fingerprint density at radius 1 is 1.24 bits per heavy atom. The lowest BCUT2D eigenvalue weighted by molar-refractivity contribution is -0.152. The minimum absolute atomic E-state index is 0.0220. The van der Waals surface area contributed by atoms with Crippen molar-refractivity contribution in [2.24, 2.45) is 23.2 Å². The molecule has 1 aliphatic carbocycles. The Balaban J connectivity index is 2.16. The normalized spacial score (nSPS) is 31.8. The van der Waals surface area contributed by atoms with Crippen LogP contribution in [0, 0.1) is 23.2 Å². The minimum Gasteiger partial charge on any atom is -0.342 e. The Bertz CT molecular complexity index is 429. The molecular weight excluding hydrogens is 264 g/mol. The highest BCUT2D eigenvalue weighted by molar-refractivity contribution is 5.97. The maximum Gasteiger partial charge on any atom is 0.245 e. The molecule has 1 heterocycles. The maximum atomic E-state index is 12.8. The van der Waals surface area contributed by atoms with Gasteiger partial charge in [0.1, 0.15) is 12.1 Å². The summed E-state index contributed by atoms with van der Waals surface area (Å²) >= 11 is 0. The minimum atomic E-state index is -0.339. The Kier molecular flexibility index (Phi) is 4.36. The van der Waals surface area contributed by atoms with E-state index in [1.54, 1.807) is 0 Å². The van der Waals surface area contributed by atoms with Gasteiger partial charge in [0, 0.05) is 6.54 Å². The van der Waals surface area contributed by atoms with E-state index in [0.717, 1.165) is 19.4 Å². The van der Waals surface area contributed by atoms with Crippen LogP contribution in [0.4, 0.5) is 0 Å². The molecule has 1 saturated carbocycles. The van der Waals surface area contributed by atoms with E-state index in [-0.39, 0.29) is 29.8 Å². The fourth-order valence-electron chi connectivity index (χ4n) is 3.42. The smallest absolute Gasteiger partial charge is 0.245 e. The summed E-state index contributed by atoms with van der Waals surface area (Å²) in [6.45, 7) is 13.4. The van der Waals surface area contributed by atoms with E-state index in [0.29, 0.717) is 17.3 Å². The van der Waals surface area contributed by atoms with Crippen molar-refractivity contribution in [3.05, 3.63) is 0 Å². The Labute approximate surface area is 128 Å². The van der Waals surface area contributed by atoms with Gasteiger partial charge in [-0.3, -0.25) is 9.59 Å².